The van der Waals surface area contributed by atoms with E-state index in [0.29, 0.717) is 11.9 Å². The molecular weight excluding hydrogens is 256 g/mol. The Morgan fingerprint density at radius 2 is 2.00 bits per heavy atom. The fourth-order valence-electron chi connectivity index (χ4n) is 2.09. The molecule has 0 aromatic carbocycles. The van der Waals surface area contributed by atoms with Crippen LogP contribution in [0.3, 0.4) is 0 Å². The number of aromatic nitrogens is 2. The molecule has 0 bridgehead atoms. The van der Waals surface area contributed by atoms with Gasteiger partial charge in [-0.15, -0.1) is 11.3 Å². The lowest BCUT2D eigenvalue weighted by Gasteiger charge is -2.22. The van der Waals surface area contributed by atoms with Gasteiger partial charge in [-0.2, -0.15) is 0 Å². The highest BCUT2D eigenvalue weighted by Crippen LogP contribution is 2.31. The second-order valence-corrected chi connectivity index (χ2v) is 6.36. The minimum atomic E-state index is 0.521. The Hall–Kier alpha value is -1.20. The molecule has 0 radical (unpaired) electrons. The van der Waals surface area contributed by atoms with Crippen LogP contribution in [0.4, 0.5) is 5.82 Å². The summed E-state index contributed by atoms with van der Waals surface area (Å²) in [5.41, 5.74) is 7.30. The van der Waals surface area contributed by atoms with Crippen molar-refractivity contribution in [3.8, 4) is 0 Å². The molecule has 19 heavy (non-hydrogen) atoms. The van der Waals surface area contributed by atoms with Gasteiger partial charge in [0.25, 0.3) is 0 Å². The van der Waals surface area contributed by atoms with E-state index in [1.807, 2.05) is 0 Å². The molecular formula is C14H22N4S. The van der Waals surface area contributed by atoms with E-state index in [-0.39, 0.29) is 0 Å². The summed E-state index contributed by atoms with van der Waals surface area (Å²) < 4.78 is 0. The molecule has 2 rings (SSSR count). The zero-order valence-electron chi connectivity index (χ0n) is 12.3. The molecule has 1 unspecified atom stereocenters. The fraction of sp³-hybridized carbons (Fsp3) is 0.571. The van der Waals surface area contributed by atoms with Crippen molar-refractivity contribution in [2.75, 3.05) is 12.8 Å². The Bertz CT molecular complexity index is 591. The summed E-state index contributed by atoms with van der Waals surface area (Å²) >= 11 is 1.70. The number of hydrogen-bond acceptors (Lipinski definition) is 5. The number of nitrogens with two attached hydrogens (primary N) is 1. The summed E-state index contributed by atoms with van der Waals surface area (Å²) in [7, 11) is 2.10. The summed E-state index contributed by atoms with van der Waals surface area (Å²) in [5.74, 6) is 1.42. The largest absolute Gasteiger partial charge is 0.383 e. The van der Waals surface area contributed by atoms with Gasteiger partial charge in [-0.05, 0) is 39.8 Å². The van der Waals surface area contributed by atoms with E-state index in [4.69, 9.17) is 5.73 Å². The number of nitrogens with zero attached hydrogens (tertiary/aromatic N) is 3. The first-order valence-corrected chi connectivity index (χ1v) is 7.48. The summed E-state index contributed by atoms with van der Waals surface area (Å²) in [5, 5.41) is 1.03. The highest BCUT2D eigenvalue weighted by atomic mass is 32.1. The Labute approximate surface area is 118 Å². The van der Waals surface area contributed by atoms with E-state index in [1.165, 1.54) is 10.4 Å². The van der Waals surface area contributed by atoms with Gasteiger partial charge in [0.2, 0.25) is 0 Å². The van der Waals surface area contributed by atoms with E-state index < -0.39 is 0 Å². The highest BCUT2D eigenvalue weighted by molar-refractivity contribution is 7.18. The number of rotatable bonds is 4. The second kappa shape index (κ2) is 5.43. The smallest absolute Gasteiger partial charge is 0.146 e. The number of hydrogen-bond donors (Lipinski definition) is 1. The minimum absolute atomic E-state index is 0.521. The van der Waals surface area contributed by atoms with Crippen LogP contribution in [0.25, 0.3) is 10.2 Å². The van der Waals surface area contributed by atoms with Gasteiger partial charge in [0.15, 0.2) is 0 Å². The minimum Gasteiger partial charge on any atom is -0.383 e. The molecule has 0 spiro atoms. The molecule has 2 N–H and O–H groups in total. The summed E-state index contributed by atoms with van der Waals surface area (Å²) in [4.78, 5) is 13.7. The summed E-state index contributed by atoms with van der Waals surface area (Å²) in [6.07, 6.45) is 1.12. The Morgan fingerprint density at radius 3 is 2.63 bits per heavy atom. The number of anilines is 1. The van der Waals surface area contributed by atoms with Crippen molar-refractivity contribution in [2.45, 2.75) is 46.7 Å². The van der Waals surface area contributed by atoms with Crippen LogP contribution in [0.15, 0.2) is 0 Å². The topological polar surface area (TPSA) is 55.0 Å². The summed E-state index contributed by atoms with van der Waals surface area (Å²) in [6, 6.07) is 0.521. The van der Waals surface area contributed by atoms with E-state index in [0.717, 1.165) is 29.0 Å². The molecule has 5 heteroatoms. The van der Waals surface area contributed by atoms with E-state index in [2.05, 4.69) is 49.6 Å². The molecule has 104 valence electrons. The quantitative estimate of drug-likeness (QED) is 0.933. The van der Waals surface area contributed by atoms with Crippen molar-refractivity contribution in [1.82, 2.24) is 14.9 Å². The molecule has 0 fully saturated rings. The van der Waals surface area contributed by atoms with Crippen LogP contribution < -0.4 is 5.73 Å². The number of fused-ring (bicyclic) bond motifs is 1. The van der Waals surface area contributed by atoms with Gasteiger partial charge in [-0.25, -0.2) is 9.97 Å². The normalized spacial score (nSPS) is 13.4. The van der Waals surface area contributed by atoms with Gasteiger partial charge in [0, 0.05) is 10.9 Å². The zero-order chi connectivity index (χ0) is 14.2. The molecule has 4 nitrogen and oxygen atoms in total. The van der Waals surface area contributed by atoms with Crippen molar-refractivity contribution >= 4 is 27.4 Å². The summed E-state index contributed by atoms with van der Waals surface area (Å²) in [6.45, 7) is 9.32. The SMILES string of the molecule is CCC(C)N(C)Cc1nc(N)c2c(C)c(C)sc2n1. The van der Waals surface area contributed by atoms with Gasteiger partial charge < -0.3 is 5.73 Å². The van der Waals surface area contributed by atoms with Crippen LogP contribution in [0.2, 0.25) is 0 Å². The maximum Gasteiger partial charge on any atom is 0.146 e. The van der Waals surface area contributed by atoms with Crippen molar-refractivity contribution in [1.29, 1.82) is 0 Å². The second-order valence-electron chi connectivity index (χ2n) is 5.16. The fourth-order valence-corrected chi connectivity index (χ4v) is 3.14. The maximum absolute atomic E-state index is 6.09. The van der Waals surface area contributed by atoms with Crippen LogP contribution in [0.5, 0.6) is 0 Å². The van der Waals surface area contributed by atoms with E-state index in [9.17, 15) is 0 Å². The molecule has 2 aromatic heterocycles. The van der Waals surface area contributed by atoms with Gasteiger partial charge in [0.05, 0.1) is 11.9 Å². The van der Waals surface area contributed by atoms with Crippen molar-refractivity contribution in [2.24, 2.45) is 0 Å². The van der Waals surface area contributed by atoms with E-state index >= 15 is 0 Å². The predicted molar refractivity (Wildman–Crippen MR) is 82.5 cm³/mol. The third kappa shape index (κ3) is 2.72. The standard InChI is InChI=1S/C14H22N4S/c1-6-8(2)18(5)7-11-16-13(15)12-9(3)10(4)19-14(12)17-11/h8H,6-7H2,1-5H3,(H2,15,16,17). The van der Waals surface area contributed by atoms with Gasteiger partial charge in [0.1, 0.15) is 16.5 Å². The molecule has 1 atom stereocenters. The Morgan fingerprint density at radius 1 is 1.32 bits per heavy atom. The molecule has 0 saturated carbocycles. The first-order valence-electron chi connectivity index (χ1n) is 6.66. The van der Waals surface area contributed by atoms with Crippen LogP contribution in [0, 0.1) is 13.8 Å². The third-order valence-electron chi connectivity index (χ3n) is 3.84. The van der Waals surface area contributed by atoms with Gasteiger partial charge >= 0.3 is 0 Å². The predicted octanol–water partition coefficient (Wildman–Crippen LogP) is 3.12. The molecule has 0 aliphatic heterocycles. The van der Waals surface area contributed by atoms with Crippen LogP contribution in [-0.2, 0) is 6.54 Å². The van der Waals surface area contributed by atoms with Crippen molar-refractivity contribution in [3.05, 3.63) is 16.3 Å². The van der Waals surface area contributed by atoms with Gasteiger partial charge in [-0.1, -0.05) is 6.92 Å². The lowest BCUT2D eigenvalue weighted by atomic mass is 10.2. The van der Waals surface area contributed by atoms with Crippen molar-refractivity contribution < 1.29 is 0 Å². The molecule has 0 saturated heterocycles. The monoisotopic (exact) mass is 278 g/mol. The molecule has 0 amide bonds. The lowest BCUT2D eigenvalue weighted by molar-refractivity contribution is 0.238. The number of aryl methyl sites for hydroxylation is 2. The van der Waals surface area contributed by atoms with Crippen LogP contribution >= 0.6 is 11.3 Å². The first kappa shape index (κ1) is 14.2. The molecule has 0 aliphatic rings. The molecule has 2 heterocycles. The van der Waals surface area contributed by atoms with Crippen LogP contribution in [-0.4, -0.2) is 28.0 Å². The average molecular weight is 278 g/mol. The molecule has 2 aromatic rings. The average Bonchev–Trinajstić information content (AvgIpc) is 2.64. The molecule has 0 aliphatic carbocycles. The Balaban J connectivity index is 2.36. The van der Waals surface area contributed by atoms with Crippen LogP contribution in [0.1, 0.15) is 36.5 Å². The number of thiophene rings is 1. The Kier molecular flexibility index (Phi) is 4.06. The maximum atomic E-state index is 6.09. The number of nitrogen functional groups attached to an aromatic ring is 1. The third-order valence-corrected chi connectivity index (χ3v) is 4.94. The highest BCUT2D eigenvalue weighted by Gasteiger charge is 2.14. The van der Waals surface area contributed by atoms with Gasteiger partial charge in [-0.3, -0.25) is 4.90 Å². The van der Waals surface area contributed by atoms with Crippen molar-refractivity contribution in [3.63, 3.8) is 0 Å². The lowest BCUT2D eigenvalue weighted by Crippen LogP contribution is -2.28. The first-order chi connectivity index (χ1) is 8.93. The van der Waals surface area contributed by atoms with E-state index in [1.54, 1.807) is 11.3 Å². The zero-order valence-corrected chi connectivity index (χ0v) is 13.1.